The Balaban J connectivity index is 1.53. The summed E-state index contributed by atoms with van der Waals surface area (Å²) < 4.78 is 0. The number of carbonyl (C=O) groups is 2. The minimum Gasteiger partial charge on any atom is -0.354 e. The van der Waals surface area contributed by atoms with Gasteiger partial charge in [-0.1, -0.05) is 30.3 Å². The van der Waals surface area contributed by atoms with Gasteiger partial charge in [0.25, 0.3) is 5.91 Å². The van der Waals surface area contributed by atoms with E-state index in [2.05, 4.69) is 23.3 Å². The van der Waals surface area contributed by atoms with Crippen molar-refractivity contribution in [1.82, 2.24) is 4.98 Å². The number of amides is 1. The van der Waals surface area contributed by atoms with Crippen molar-refractivity contribution in [2.75, 3.05) is 10.2 Å². The molecule has 1 N–H and O–H groups in total. The minimum atomic E-state index is -0.0948. The molecule has 0 bridgehead atoms. The number of hydrogen-bond donors (Lipinski definition) is 1. The maximum absolute atomic E-state index is 13.0. The van der Waals surface area contributed by atoms with Gasteiger partial charge in [-0.3, -0.25) is 9.59 Å². The molecule has 0 saturated heterocycles. The summed E-state index contributed by atoms with van der Waals surface area (Å²) in [5.74, 6) is -0.0784. The van der Waals surface area contributed by atoms with Gasteiger partial charge in [0, 0.05) is 23.0 Å². The topological polar surface area (TPSA) is 62.3 Å². The highest BCUT2D eigenvalue weighted by atomic mass is 16.2. The Labute approximate surface area is 164 Å². The number of para-hydroxylation sites is 1. The monoisotopic (exact) mass is 371 g/mol. The van der Waals surface area contributed by atoms with E-state index in [1.54, 1.807) is 31.3 Å². The van der Waals surface area contributed by atoms with Crippen molar-refractivity contribution in [3.8, 4) is 0 Å². The molecule has 1 amide bonds. The number of ketones is 1. The third-order valence-corrected chi connectivity index (χ3v) is 4.97. The molecule has 1 aliphatic heterocycles. The molecule has 0 fully saturated rings. The number of pyridine rings is 1. The van der Waals surface area contributed by atoms with E-state index in [0.717, 1.165) is 23.5 Å². The Hall–Kier alpha value is -3.47. The number of aromatic nitrogens is 1. The zero-order valence-electron chi connectivity index (χ0n) is 15.8. The van der Waals surface area contributed by atoms with Crippen LogP contribution in [0.2, 0.25) is 0 Å². The number of rotatable bonds is 4. The molecule has 4 rings (SSSR count). The van der Waals surface area contributed by atoms with Crippen molar-refractivity contribution in [3.63, 3.8) is 0 Å². The summed E-state index contributed by atoms with van der Waals surface area (Å²) in [6, 6.07) is 19.0. The largest absolute Gasteiger partial charge is 0.354 e. The molecule has 5 heteroatoms. The van der Waals surface area contributed by atoms with Gasteiger partial charge in [0.2, 0.25) is 0 Å². The minimum absolute atomic E-state index is 0.0164. The molecule has 0 radical (unpaired) electrons. The molecule has 1 unspecified atom stereocenters. The third kappa shape index (κ3) is 3.39. The lowest BCUT2D eigenvalue weighted by atomic mass is 10.1. The zero-order chi connectivity index (χ0) is 19.7. The van der Waals surface area contributed by atoms with Crippen molar-refractivity contribution in [1.29, 1.82) is 0 Å². The first kappa shape index (κ1) is 17.9. The maximum atomic E-state index is 13.0. The smallest absolute Gasteiger partial charge is 0.277 e. The standard InChI is InChI=1S/C23H21N3O2/c1-15-12-18-6-3-4-9-22(18)26(15)23(28)21-11-10-20(14-24-21)25-19-8-5-7-17(13-19)16(2)27/h3-11,13-15,25H,12H2,1-2H3. The molecular formula is C23H21N3O2. The first-order chi connectivity index (χ1) is 13.5. The van der Waals surface area contributed by atoms with Crippen LogP contribution in [-0.4, -0.2) is 22.7 Å². The second-order valence-corrected chi connectivity index (χ2v) is 7.05. The fourth-order valence-corrected chi connectivity index (χ4v) is 3.58. The van der Waals surface area contributed by atoms with Crippen LogP contribution < -0.4 is 10.2 Å². The Morgan fingerprint density at radius 2 is 1.86 bits per heavy atom. The highest BCUT2D eigenvalue weighted by Gasteiger charge is 2.31. The lowest BCUT2D eigenvalue weighted by molar-refractivity contribution is 0.0975. The maximum Gasteiger partial charge on any atom is 0.277 e. The van der Waals surface area contributed by atoms with Crippen LogP contribution in [0, 0.1) is 0 Å². The van der Waals surface area contributed by atoms with E-state index < -0.39 is 0 Å². The van der Waals surface area contributed by atoms with Gasteiger partial charge in [0.15, 0.2) is 5.78 Å². The zero-order valence-corrected chi connectivity index (χ0v) is 15.8. The molecule has 1 aromatic heterocycles. The van der Waals surface area contributed by atoms with Crippen LogP contribution in [0.3, 0.4) is 0 Å². The van der Waals surface area contributed by atoms with Gasteiger partial charge in [0.1, 0.15) is 5.69 Å². The van der Waals surface area contributed by atoms with Crippen molar-refractivity contribution < 1.29 is 9.59 Å². The van der Waals surface area contributed by atoms with Gasteiger partial charge in [0.05, 0.1) is 11.9 Å². The molecule has 0 spiro atoms. The van der Waals surface area contributed by atoms with Gasteiger partial charge in [-0.2, -0.15) is 0 Å². The van der Waals surface area contributed by atoms with Crippen LogP contribution in [0.25, 0.3) is 0 Å². The predicted molar refractivity (Wildman–Crippen MR) is 110 cm³/mol. The Bertz CT molecular complexity index is 1040. The van der Waals surface area contributed by atoms with Gasteiger partial charge >= 0.3 is 0 Å². The van der Waals surface area contributed by atoms with E-state index in [4.69, 9.17) is 0 Å². The summed E-state index contributed by atoms with van der Waals surface area (Å²) in [6.45, 7) is 3.59. The molecule has 1 aliphatic rings. The van der Waals surface area contributed by atoms with E-state index in [1.165, 1.54) is 5.56 Å². The number of hydrogen-bond acceptors (Lipinski definition) is 4. The molecule has 140 valence electrons. The van der Waals surface area contributed by atoms with Crippen molar-refractivity contribution in [3.05, 3.63) is 83.7 Å². The van der Waals surface area contributed by atoms with Crippen LogP contribution in [0.4, 0.5) is 17.1 Å². The van der Waals surface area contributed by atoms with E-state index in [9.17, 15) is 9.59 Å². The van der Waals surface area contributed by atoms with Gasteiger partial charge in [-0.25, -0.2) is 4.98 Å². The van der Waals surface area contributed by atoms with Crippen molar-refractivity contribution >= 4 is 28.8 Å². The first-order valence-electron chi connectivity index (χ1n) is 9.28. The predicted octanol–water partition coefficient (Wildman–Crippen LogP) is 4.62. The first-order valence-corrected chi connectivity index (χ1v) is 9.28. The molecular weight excluding hydrogens is 350 g/mol. The van der Waals surface area contributed by atoms with Crippen LogP contribution in [0.5, 0.6) is 0 Å². The fourth-order valence-electron chi connectivity index (χ4n) is 3.58. The Morgan fingerprint density at radius 3 is 2.61 bits per heavy atom. The Kier molecular flexibility index (Phi) is 4.65. The van der Waals surface area contributed by atoms with Crippen LogP contribution in [0.15, 0.2) is 66.9 Å². The molecule has 2 heterocycles. The number of nitrogens with zero attached hydrogens (tertiary/aromatic N) is 2. The second-order valence-electron chi connectivity index (χ2n) is 7.05. The summed E-state index contributed by atoms with van der Waals surface area (Å²) in [5.41, 5.74) is 4.76. The average molecular weight is 371 g/mol. The van der Waals surface area contributed by atoms with Gasteiger partial charge in [-0.05, 0) is 56.2 Å². The third-order valence-electron chi connectivity index (χ3n) is 4.97. The SMILES string of the molecule is CC(=O)c1cccc(Nc2ccc(C(=O)N3c4ccccc4CC3C)nc2)c1. The summed E-state index contributed by atoms with van der Waals surface area (Å²) >= 11 is 0. The van der Waals surface area contributed by atoms with Crippen molar-refractivity contribution in [2.24, 2.45) is 0 Å². The summed E-state index contributed by atoms with van der Waals surface area (Å²) in [7, 11) is 0. The highest BCUT2D eigenvalue weighted by molar-refractivity contribution is 6.06. The van der Waals surface area contributed by atoms with E-state index in [0.29, 0.717) is 11.3 Å². The number of nitrogens with one attached hydrogen (secondary N) is 1. The Morgan fingerprint density at radius 1 is 1.04 bits per heavy atom. The number of carbonyl (C=O) groups excluding carboxylic acids is 2. The molecule has 5 nitrogen and oxygen atoms in total. The summed E-state index contributed by atoms with van der Waals surface area (Å²) in [4.78, 5) is 30.7. The van der Waals surface area contributed by atoms with Crippen molar-refractivity contribution in [2.45, 2.75) is 26.3 Å². The van der Waals surface area contributed by atoms with E-state index in [1.807, 2.05) is 41.3 Å². The lowest BCUT2D eigenvalue weighted by Gasteiger charge is -2.22. The van der Waals surface area contributed by atoms with E-state index in [-0.39, 0.29) is 17.7 Å². The number of benzene rings is 2. The molecule has 2 aromatic carbocycles. The van der Waals surface area contributed by atoms with Crippen LogP contribution in [0.1, 0.15) is 40.3 Å². The van der Waals surface area contributed by atoms with Gasteiger partial charge < -0.3 is 10.2 Å². The lowest BCUT2D eigenvalue weighted by Crippen LogP contribution is -2.36. The molecule has 0 aliphatic carbocycles. The van der Waals surface area contributed by atoms with Crippen LogP contribution >= 0.6 is 0 Å². The molecule has 0 saturated carbocycles. The number of Topliss-reactive ketones (excluding diaryl/α,β-unsaturated/α-hetero) is 1. The normalized spacial score (nSPS) is 15.2. The quantitative estimate of drug-likeness (QED) is 0.680. The fraction of sp³-hybridized carbons (Fsp3) is 0.174. The molecule has 1 atom stereocenters. The summed E-state index contributed by atoms with van der Waals surface area (Å²) in [5, 5.41) is 3.22. The average Bonchev–Trinajstić information content (AvgIpc) is 3.04. The van der Waals surface area contributed by atoms with Gasteiger partial charge in [-0.15, -0.1) is 0 Å². The highest BCUT2D eigenvalue weighted by Crippen LogP contribution is 2.32. The summed E-state index contributed by atoms with van der Waals surface area (Å²) in [6.07, 6.45) is 2.49. The second kappa shape index (κ2) is 7.27. The number of anilines is 3. The van der Waals surface area contributed by atoms with Crippen LogP contribution in [-0.2, 0) is 6.42 Å². The number of fused-ring (bicyclic) bond motifs is 1. The van der Waals surface area contributed by atoms with E-state index >= 15 is 0 Å². The molecule has 3 aromatic rings. The molecule has 28 heavy (non-hydrogen) atoms.